The van der Waals surface area contributed by atoms with Crippen molar-refractivity contribution >= 4 is 11.9 Å². The van der Waals surface area contributed by atoms with Crippen LogP contribution in [0.1, 0.15) is 48.5 Å². The van der Waals surface area contributed by atoms with Gasteiger partial charge in [0.05, 0.1) is 18.1 Å². The van der Waals surface area contributed by atoms with Crippen molar-refractivity contribution in [1.29, 1.82) is 0 Å². The molecule has 0 aromatic rings. The van der Waals surface area contributed by atoms with Crippen molar-refractivity contribution in [2.45, 2.75) is 60.7 Å². The number of rotatable bonds is 4. The Bertz CT molecular complexity index is 398. The van der Waals surface area contributed by atoms with Crippen molar-refractivity contribution in [2.24, 2.45) is 23.2 Å². The predicted molar refractivity (Wildman–Crippen MR) is 83.2 cm³/mol. The van der Waals surface area contributed by atoms with E-state index in [4.69, 9.17) is 14.2 Å². The van der Waals surface area contributed by atoms with Crippen LogP contribution in [-0.4, -0.2) is 37.4 Å². The summed E-state index contributed by atoms with van der Waals surface area (Å²) in [6.45, 7) is 13.9. The summed E-state index contributed by atoms with van der Waals surface area (Å²) < 4.78 is 16.4. The van der Waals surface area contributed by atoms with Crippen LogP contribution in [-0.2, 0) is 23.8 Å². The summed E-state index contributed by atoms with van der Waals surface area (Å²) in [5.41, 5.74) is -0.544. The quantitative estimate of drug-likeness (QED) is 0.747. The van der Waals surface area contributed by atoms with Crippen molar-refractivity contribution in [2.75, 3.05) is 13.2 Å². The highest BCUT2D eigenvalue weighted by Crippen LogP contribution is 2.35. The van der Waals surface area contributed by atoms with Gasteiger partial charge in [-0.2, -0.15) is 0 Å². The molecule has 0 saturated carbocycles. The van der Waals surface area contributed by atoms with E-state index < -0.39 is 11.5 Å². The summed E-state index contributed by atoms with van der Waals surface area (Å²) in [6.07, 6.45) is -0.878. The second-order valence-electron chi connectivity index (χ2n) is 7.27. The molecule has 1 rings (SSSR count). The lowest BCUT2D eigenvalue weighted by Gasteiger charge is -2.42. The molecule has 0 aromatic heterocycles. The maximum Gasteiger partial charge on any atom is 0.335 e. The molecule has 0 bridgehead atoms. The predicted octanol–water partition coefficient (Wildman–Crippen LogP) is 2.81. The minimum atomic E-state index is -0.593. The summed E-state index contributed by atoms with van der Waals surface area (Å²) in [5, 5.41) is 0. The zero-order valence-electron chi connectivity index (χ0n) is 14.8. The smallest absolute Gasteiger partial charge is 0.335 e. The van der Waals surface area contributed by atoms with Crippen LogP contribution in [0, 0.1) is 23.2 Å². The first kappa shape index (κ1) is 18.9. The van der Waals surface area contributed by atoms with E-state index in [2.05, 4.69) is 13.8 Å². The molecule has 0 amide bonds. The molecule has 1 saturated heterocycles. The minimum Gasteiger partial charge on any atom is -0.464 e. The summed E-state index contributed by atoms with van der Waals surface area (Å²) in [5.74, 6) is -0.0401. The fraction of sp³-hybridized carbons (Fsp3) is 0.882. The maximum atomic E-state index is 12.0. The molecule has 2 unspecified atom stereocenters. The highest BCUT2D eigenvalue weighted by molar-refractivity contribution is 5.76. The summed E-state index contributed by atoms with van der Waals surface area (Å²) in [6, 6.07) is 0. The highest BCUT2D eigenvalue weighted by Gasteiger charge is 2.43. The normalized spacial score (nSPS) is 32.4. The van der Waals surface area contributed by atoms with E-state index in [0.717, 1.165) is 0 Å². The third kappa shape index (κ3) is 4.45. The van der Waals surface area contributed by atoms with Gasteiger partial charge in [0, 0.05) is 0 Å². The van der Waals surface area contributed by atoms with Crippen molar-refractivity contribution < 1.29 is 23.8 Å². The Kier molecular flexibility index (Phi) is 6.41. The molecular formula is C17H30O5. The molecule has 0 N–H and O–H groups in total. The molecule has 0 radical (unpaired) electrons. The van der Waals surface area contributed by atoms with Gasteiger partial charge in [0.2, 0.25) is 0 Å². The van der Waals surface area contributed by atoms with Gasteiger partial charge < -0.3 is 14.2 Å². The van der Waals surface area contributed by atoms with Gasteiger partial charge in [0.1, 0.15) is 6.61 Å². The first-order valence-corrected chi connectivity index (χ1v) is 8.08. The van der Waals surface area contributed by atoms with Gasteiger partial charge >= 0.3 is 11.9 Å². The highest BCUT2D eigenvalue weighted by atomic mass is 16.6. The maximum absolute atomic E-state index is 12.0. The van der Waals surface area contributed by atoms with Crippen molar-refractivity contribution in [3.63, 3.8) is 0 Å². The van der Waals surface area contributed by atoms with Crippen molar-refractivity contribution in [1.82, 2.24) is 0 Å². The van der Waals surface area contributed by atoms with Gasteiger partial charge in [-0.1, -0.05) is 20.8 Å². The second-order valence-corrected chi connectivity index (χ2v) is 7.27. The number of ether oxygens (including phenoxy) is 3. The number of esters is 2. The summed E-state index contributed by atoms with van der Waals surface area (Å²) >= 11 is 0. The number of carbonyl (C=O) groups is 2. The molecule has 5 heteroatoms. The SMILES string of the molecule is CCOC(=O)C1OC(COC(=O)C(C)(C)C)[C@@H](C)[C@H](C)[C@H]1C. The average Bonchev–Trinajstić information content (AvgIpc) is 2.42. The van der Waals surface area contributed by atoms with Crippen LogP contribution in [0.2, 0.25) is 0 Å². The van der Waals surface area contributed by atoms with Gasteiger partial charge in [-0.3, -0.25) is 4.79 Å². The Morgan fingerprint density at radius 3 is 2.09 bits per heavy atom. The summed E-state index contributed by atoms with van der Waals surface area (Å²) in [4.78, 5) is 24.0. The molecule has 0 aliphatic carbocycles. The lowest BCUT2D eigenvalue weighted by Crippen LogP contribution is -2.50. The Balaban J connectivity index is 2.73. The van der Waals surface area contributed by atoms with Gasteiger partial charge in [0.15, 0.2) is 6.10 Å². The fourth-order valence-electron chi connectivity index (χ4n) is 2.59. The molecule has 0 spiro atoms. The van der Waals surface area contributed by atoms with Crippen molar-refractivity contribution in [3.8, 4) is 0 Å². The molecule has 0 aromatic carbocycles. The molecule has 128 valence electrons. The Hall–Kier alpha value is -1.10. The largest absolute Gasteiger partial charge is 0.464 e. The monoisotopic (exact) mass is 314 g/mol. The van der Waals surface area contributed by atoms with Gasteiger partial charge in [-0.05, 0) is 45.4 Å². The molecule has 1 aliphatic heterocycles. The molecule has 5 atom stereocenters. The number of hydrogen-bond donors (Lipinski definition) is 0. The summed E-state index contributed by atoms with van der Waals surface area (Å²) in [7, 11) is 0. The van der Waals surface area contributed by atoms with E-state index in [9.17, 15) is 9.59 Å². The van der Waals surface area contributed by atoms with Gasteiger partial charge in [0.25, 0.3) is 0 Å². The van der Waals surface area contributed by atoms with Crippen LogP contribution in [0.4, 0.5) is 0 Å². The number of hydrogen-bond acceptors (Lipinski definition) is 5. The van der Waals surface area contributed by atoms with Crippen LogP contribution in [0.25, 0.3) is 0 Å². The molecule has 5 nitrogen and oxygen atoms in total. The molecular weight excluding hydrogens is 284 g/mol. The Morgan fingerprint density at radius 1 is 1.00 bits per heavy atom. The van der Waals surface area contributed by atoms with Crippen LogP contribution >= 0.6 is 0 Å². The van der Waals surface area contributed by atoms with E-state index in [-0.39, 0.29) is 42.4 Å². The van der Waals surface area contributed by atoms with E-state index in [0.29, 0.717) is 6.61 Å². The Labute approximate surface area is 133 Å². The standard InChI is InChI=1S/C17H30O5/c1-8-20-15(18)14-12(4)10(2)11(3)13(22-14)9-21-16(19)17(5,6)7/h10-14H,8-9H2,1-7H3/t10-,11-,12+,13?,14?/m0/s1. The topological polar surface area (TPSA) is 61.8 Å². The third-order valence-corrected chi connectivity index (χ3v) is 4.55. The van der Waals surface area contributed by atoms with Crippen LogP contribution in [0.3, 0.4) is 0 Å². The molecule has 1 heterocycles. The van der Waals surface area contributed by atoms with Crippen LogP contribution < -0.4 is 0 Å². The lowest BCUT2D eigenvalue weighted by atomic mass is 9.76. The first-order valence-electron chi connectivity index (χ1n) is 8.08. The van der Waals surface area contributed by atoms with E-state index in [1.165, 1.54) is 0 Å². The first-order chi connectivity index (χ1) is 10.1. The second kappa shape index (κ2) is 7.44. The molecule has 22 heavy (non-hydrogen) atoms. The van der Waals surface area contributed by atoms with Gasteiger partial charge in [-0.15, -0.1) is 0 Å². The zero-order valence-corrected chi connectivity index (χ0v) is 14.8. The molecule has 1 aliphatic rings. The molecule has 1 fully saturated rings. The van der Waals surface area contributed by atoms with E-state index >= 15 is 0 Å². The van der Waals surface area contributed by atoms with Crippen LogP contribution in [0.5, 0.6) is 0 Å². The minimum absolute atomic E-state index is 0.0728. The van der Waals surface area contributed by atoms with Crippen LogP contribution in [0.15, 0.2) is 0 Å². The fourth-order valence-corrected chi connectivity index (χ4v) is 2.59. The third-order valence-electron chi connectivity index (χ3n) is 4.55. The van der Waals surface area contributed by atoms with Gasteiger partial charge in [-0.25, -0.2) is 4.79 Å². The average molecular weight is 314 g/mol. The lowest BCUT2D eigenvalue weighted by molar-refractivity contribution is -0.194. The number of carbonyl (C=O) groups excluding carboxylic acids is 2. The van der Waals surface area contributed by atoms with Crippen molar-refractivity contribution in [3.05, 3.63) is 0 Å². The van der Waals surface area contributed by atoms with E-state index in [1.807, 2.05) is 27.7 Å². The van der Waals surface area contributed by atoms with E-state index in [1.54, 1.807) is 6.92 Å². The zero-order chi connectivity index (χ0) is 17.1. The Morgan fingerprint density at radius 2 is 1.59 bits per heavy atom.